The zero-order chi connectivity index (χ0) is 14.6. The summed E-state index contributed by atoms with van der Waals surface area (Å²) < 4.78 is 43.0. The molecule has 0 amide bonds. The number of halogens is 4. The van der Waals surface area contributed by atoms with E-state index in [1.807, 2.05) is 0 Å². The van der Waals surface area contributed by atoms with Gasteiger partial charge in [-0.15, -0.1) is 0 Å². The van der Waals surface area contributed by atoms with E-state index in [1.54, 1.807) is 13.0 Å². The van der Waals surface area contributed by atoms with Crippen molar-refractivity contribution < 1.29 is 22.7 Å². The van der Waals surface area contributed by atoms with Crippen molar-refractivity contribution in [3.63, 3.8) is 0 Å². The van der Waals surface area contributed by atoms with E-state index in [-0.39, 0.29) is 40.4 Å². The fourth-order valence-electron chi connectivity index (χ4n) is 1.45. The lowest BCUT2D eigenvalue weighted by molar-refractivity contribution is -0.116. The number of Topliss-reactive ketones (excluding diaryl/α,β-unsaturated/α-hetero) is 1. The average Bonchev–Trinajstić information content (AvgIpc) is 2.29. The maximum atomic E-state index is 12.6. The van der Waals surface area contributed by atoms with Gasteiger partial charge in [-0.1, -0.05) is 28.1 Å². The molecule has 0 heterocycles. The third-order valence-electron chi connectivity index (χ3n) is 2.16. The van der Waals surface area contributed by atoms with E-state index in [1.165, 1.54) is 19.1 Å². The summed E-state index contributed by atoms with van der Waals surface area (Å²) in [6, 6.07) is 4.51. The van der Waals surface area contributed by atoms with Crippen LogP contribution in [0.25, 0.3) is 0 Å². The van der Waals surface area contributed by atoms with Crippen molar-refractivity contribution in [1.29, 1.82) is 0 Å². The number of alkyl halides is 4. The molecule has 1 unspecified atom stereocenters. The van der Waals surface area contributed by atoms with Crippen molar-refractivity contribution in [3.05, 3.63) is 23.8 Å². The summed E-state index contributed by atoms with van der Waals surface area (Å²) >= 11 is 2.84. The molecule has 0 N–H and O–H groups in total. The fourth-order valence-corrected chi connectivity index (χ4v) is 2.74. The minimum absolute atomic E-state index is 0.0751. The molecule has 1 aromatic rings. The molecule has 0 aliphatic heterocycles. The first kappa shape index (κ1) is 16.4. The number of hydrogen-bond donors (Lipinski definition) is 0. The highest BCUT2D eigenvalue weighted by Crippen LogP contribution is 2.46. The fraction of sp³-hybridized carbons (Fsp3) is 0.417. The van der Waals surface area contributed by atoms with E-state index in [2.05, 4.69) is 15.9 Å². The Morgan fingerprint density at radius 2 is 2.11 bits per heavy atom. The molecule has 106 valence electrons. The lowest BCUT2D eigenvalue weighted by atomic mass is 10.1. The maximum Gasteiger partial charge on any atom is 0.446 e. The van der Waals surface area contributed by atoms with Crippen LogP contribution in [0.5, 0.6) is 5.75 Å². The van der Waals surface area contributed by atoms with Crippen molar-refractivity contribution in [3.8, 4) is 5.75 Å². The van der Waals surface area contributed by atoms with Crippen LogP contribution in [0.2, 0.25) is 0 Å². The van der Waals surface area contributed by atoms with Crippen LogP contribution in [0.3, 0.4) is 0 Å². The zero-order valence-corrected chi connectivity index (χ0v) is 12.7. The van der Waals surface area contributed by atoms with E-state index in [9.17, 15) is 18.0 Å². The molecular formula is C12H12BrF3O2S. The number of hydrogen-bond acceptors (Lipinski definition) is 3. The molecule has 0 fully saturated rings. The van der Waals surface area contributed by atoms with Crippen LogP contribution in [0.4, 0.5) is 13.2 Å². The predicted octanol–water partition coefficient (Wildman–Crippen LogP) is 4.72. The predicted molar refractivity (Wildman–Crippen MR) is 71.9 cm³/mol. The van der Waals surface area contributed by atoms with E-state index in [0.29, 0.717) is 0 Å². The number of benzene rings is 1. The quantitative estimate of drug-likeness (QED) is 0.563. The van der Waals surface area contributed by atoms with Crippen molar-refractivity contribution in [2.24, 2.45) is 0 Å². The second-order valence-corrected chi connectivity index (χ2v) is 5.62. The van der Waals surface area contributed by atoms with Gasteiger partial charge in [0.2, 0.25) is 0 Å². The number of carbonyl (C=O) groups is 1. The van der Waals surface area contributed by atoms with E-state index in [4.69, 9.17) is 4.74 Å². The molecule has 1 aromatic carbocycles. The Kier molecular flexibility index (Phi) is 5.73. The maximum absolute atomic E-state index is 12.6. The van der Waals surface area contributed by atoms with Gasteiger partial charge in [0.05, 0.1) is 16.3 Å². The molecule has 0 radical (unpaired) electrons. The van der Waals surface area contributed by atoms with Gasteiger partial charge >= 0.3 is 5.51 Å². The van der Waals surface area contributed by atoms with Gasteiger partial charge in [-0.3, -0.25) is 4.79 Å². The highest BCUT2D eigenvalue weighted by molar-refractivity contribution is 9.09. The summed E-state index contributed by atoms with van der Waals surface area (Å²) in [5.74, 6) is -0.134. The standard InChI is InChI=1S/C12H12BrF3O2S/c1-3-18-9-6-4-5-8(10(13)7(2)17)11(9)19-12(14,15)16/h4-6,10H,3H2,1-2H3. The number of ketones is 1. The van der Waals surface area contributed by atoms with Crippen LogP contribution in [0, 0.1) is 0 Å². The molecular weight excluding hydrogens is 345 g/mol. The van der Waals surface area contributed by atoms with Crippen molar-refractivity contribution in [2.45, 2.75) is 29.1 Å². The Hall–Kier alpha value is -0.690. The van der Waals surface area contributed by atoms with Crippen LogP contribution in [-0.4, -0.2) is 17.9 Å². The molecule has 2 nitrogen and oxygen atoms in total. The van der Waals surface area contributed by atoms with Crippen LogP contribution in [-0.2, 0) is 4.79 Å². The van der Waals surface area contributed by atoms with Crippen molar-refractivity contribution in [2.75, 3.05) is 6.61 Å². The first-order valence-corrected chi connectivity index (χ1v) is 7.15. The molecule has 0 aromatic heterocycles. The van der Waals surface area contributed by atoms with Crippen LogP contribution in [0.15, 0.2) is 23.1 Å². The lowest BCUT2D eigenvalue weighted by Gasteiger charge is -2.17. The minimum Gasteiger partial charge on any atom is -0.493 e. The Bertz CT molecular complexity index is 463. The smallest absolute Gasteiger partial charge is 0.446 e. The number of thioether (sulfide) groups is 1. The topological polar surface area (TPSA) is 26.3 Å². The van der Waals surface area contributed by atoms with Gasteiger partial charge in [0.15, 0.2) is 0 Å². The Balaban J connectivity index is 3.29. The molecule has 0 bridgehead atoms. The normalized spacial score (nSPS) is 13.2. The zero-order valence-electron chi connectivity index (χ0n) is 10.3. The third kappa shape index (κ3) is 4.72. The Labute approximate surface area is 121 Å². The number of rotatable bonds is 5. The molecule has 0 aliphatic carbocycles. The van der Waals surface area contributed by atoms with Gasteiger partial charge < -0.3 is 4.74 Å². The van der Waals surface area contributed by atoms with Crippen LogP contribution >= 0.6 is 27.7 Å². The van der Waals surface area contributed by atoms with Gasteiger partial charge in [0.25, 0.3) is 0 Å². The van der Waals surface area contributed by atoms with Crippen molar-refractivity contribution >= 4 is 33.5 Å². The van der Waals surface area contributed by atoms with Gasteiger partial charge in [0, 0.05) is 0 Å². The van der Waals surface area contributed by atoms with Crippen molar-refractivity contribution in [1.82, 2.24) is 0 Å². The van der Waals surface area contributed by atoms with Crippen LogP contribution in [0.1, 0.15) is 24.2 Å². The lowest BCUT2D eigenvalue weighted by Crippen LogP contribution is -2.08. The summed E-state index contributed by atoms with van der Waals surface area (Å²) in [7, 11) is 0. The minimum atomic E-state index is -4.44. The first-order valence-electron chi connectivity index (χ1n) is 5.42. The highest BCUT2D eigenvalue weighted by Gasteiger charge is 2.33. The second kappa shape index (κ2) is 6.65. The van der Waals surface area contributed by atoms with Gasteiger partial charge in [-0.25, -0.2) is 0 Å². The average molecular weight is 357 g/mol. The molecule has 1 atom stereocenters. The summed E-state index contributed by atoms with van der Waals surface area (Å²) in [5, 5.41) is 0. The molecule has 7 heteroatoms. The molecule has 0 spiro atoms. The van der Waals surface area contributed by atoms with E-state index >= 15 is 0 Å². The highest BCUT2D eigenvalue weighted by atomic mass is 79.9. The van der Waals surface area contributed by atoms with E-state index < -0.39 is 10.3 Å². The van der Waals surface area contributed by atoms with Gasteiger partial charge in [-0.05, 0) is 37.2 Å². The summed E-state index contributed by atoms with van der Waals surface area (Å²) in [6.45, 7) is 3.25. The SMILES string of the molecule is CCOc1cccc(C(Br)C(C)=O)c1SC(F)(F)F. The largest absolute Gasteiger partial charge is 0.493 e. The molecule has 19 heavy (non-hydrogen) atoms. The number of carbonyl (C=O) groups excluding carboxylic acids is 1. The summed E-state index contributed by atoms with van der Waals surface area (Å²) in [5.41, 5.74) is -4.17. The van der Waals surface area contributed by atoms with E-state index in [0.717, 1.165) is 0 Å². The van der Waals surface area contributed by atoms with Crippen LogP contribution < -0.4 is 4.74 Å². The molecule has 0 aliphatic rings. The summed E-state index contributed by atoms with van der Waals surface area (Å²) in [6.07, 6.45) is 0. The molecule has 1 rings (SSSR count). The monoisotopic (exact) mass is 356 g/mol. The third-order valence-corrected chi connectivity index (χ3v) is 4.17. The Morgan fingerprint density at radius 1 is 1.47 bits per heavy atom. The molecule has 0 saturated heterocycles. The second-order valence-electron chi connectivity index (χ2n) is 3.63. The Morgan fingerprint density at radius 3 is 2.58 bits per heavy atom. The number of ether oxygens (including phenoxy) is 1. The van der Waals surface area contributed by atoms with Gasteiger partial charge in [0.1, 0.15) is 11.5 Å². The molecule has 0 saturated carbocycles. The first-order chi connectivity index (χ1) is 8.76. The summed E-state index contributed by atoms with van der Waals surface area (Å²) in [4.78, 5) is 10.5. The van der Waals surface area contributed by atoms with Gasteiger partial charge in [-0.2, -0.15) is 13.2 Å².